The monoisotopic (exact) mass is 355 g/mol. The summed E-state index contributed by atoms with van der Waals surface area (Å²) in [5, 5.41) is 10.2. The van der Waals surface area contributed by atoms with Crippen molar-refractivity contribution in [1.82, 2.24) is 4.98 Å². The van der Waals surface area contributed by atoms with Crippen molar-refractivity contribution in [3.05, 3.63) is 58.7 Å². The molecule has 2 rings (SSSR count). The van der Waals surface area contributed by atoms with E-state index in [1.165, 1.54) is 12.1 Å². The molecule has 26 heavy (non-hydrogen) atoms. The summed E-state index contributed by atoms with van der Waals surface area (Å²) >= 11 is 0. The summed E-state index contributed by atoms with van der Waals surface area (Å²) in [7, 11) is 0. The van der Waals surface area contributed by atoms with Crippen LogP contribution in [-0.4, -0.2) is 10.1 Å². The van der Waals surface area contributed by atoms with Crippen LogP contribution in [0.2, 0.25) is 0 Å². The molecule has 0 aliphatic rings. The fourth-order valence-corrected chi connectivity index (χ4v) is 3.16. The second-order valence-corrected chi connectivity index (χ2v) is 7.73. The third kappa shape index (κ3) is 4.39. The highest BCUT2D eigenvalue weighted by Gasteiger charge is 2.22. The van der Waals surface area contributed by atoms with Crippen LogP contribution >= 0.6 is 0 Å². The Kier molecular flexibility index (Phi) is 6.71. The average molecular weight is 355 g/mol. The Morgan fingerprint density at radius 3 is 2.00 bits per heavy atom. The van der Waals surface area contributed by atoms with Gasteiger partial charge in [0.2, 0.25) is 0 Å². The summed E-state index contributed by atoms with van der Waals surface area (Å²) in [6, 6.07) is 6.50. The van der Waals surface area contributed by atoms with E-state index in [0.717, 1.165) is 33.6 Å². The van der Waals surface area contributed by atoms with Crippen LogP contribution in [-0.2, 0) is 6.61 Å². The lowest BCUT2D eigenvalue weighted by Crippen LogP contribution is -2.10. The molecule has 1 aromatic heterocycles. The maximum absolute atomic E-state index is 13.5. The average Bonchev–Trinajstić information content (AvgIpc) is 2.58. The highest BCUT2D eigenvalue weighted by atomic mass is 19.1. The fourth-order valence-electron chi connectivity index (χ4n) is 3.16. The highest BCUT2D eigenvalue weighted by Crippen LogP contribution is 2.37. The predicted octanol–water partition coefficient (Wildman–Crippen LogP) is 6.30. The maximum atomic E-state index is 13.5. The van der Waals surface area contributed by atoms with Crippen LogP contribution in [0.25, 0.3) is 17.2 Å². The molecule has 0 saturated carbocycles. The van der Waals surface area contributed by atoms with Gasteiger partial charge in [0.05, 0.1) is 12.3 Å². The molecular weight excluding hydrogens is 325 g/mol. The molecular formula is C23H30FNO. The normalized spacial score (nSPS) is 12.1. The van der Waals surface area contributed by atoms with Crippen molar-refractivity contribution in [2.24, 2.45) is 5.92 Å². The SMILES string of the molecule is CC(C)/C=C/c1c(C(C)C)nc(C(C)C)c(CO)c1-c1ccc(F)cc1. The first kappa shape index (κ1) is 20.3. The lowest BCUT2D eigenvalue weighted by molar-refractivity contribution is 0.280. The summed E-state index contributed by atoms with van der Waals surface area (Å²) in [6.45, 7) is 12.6. The van der Waals surface area contributed by atoms with E-state index < -0.39 is 0 Å². The van der Waals surface area contributed by atoms with Gasteiger partial charge in [-0.1, -0.05) is 65.8 Å². The summed E-state index contributed by atoms with van der Waals surface area (Å²) in [5.74, 6) is 0.572. The van der Waals surface area contributed by atoms with Crippen molar-refractivity contribution in [3.63, 3.8) is 0 Å². The molecule has 0 spiro atoms. The predicted molar refractivity (Wildman–Crippen MR) is 108 cm³/mol. The summed E-state index contributed by atoms with van der Waals surface area (Å²) < 4.78 is 13.5. The molecule has 2 nitrogen and oxygen atoms in total. The molecule has 0 saturated heterocycles. The van der Waals surface area contributed by atoms with E-state index in [1.54, 1.807) is 12.1 Å². The van der Waals surface area contributed by atoms with Crippen LogP contribution < -0.4 is 0 Å². The third-order valence-corrected chi connectivity index (χ3v) is 4.43. The van der Waals surface area contributed by atoms with Crippen LogP contribution in [0.4, 0.5) is 4.39 Å². The van der Waals surface area contributed by atoms with Crippen LogP contribution in [0.3, 0.4) is 0 Å². The van der Waals surface area contributed by atoms with Crippen LogP contribution in [0.5, 0.6) is 0 Å². The van der Waals surface area contributed by atoms with E-state index in [4.69, 9.17) is 4.98 Å². The number of aromatic nitrogens is 1. The zero-order valence-electron chi connectivity index (χ0n) is 16.7. The van der Waals surface area contributed by atoms with E-state index in [-0.39, 0.29) is 24.3 Å². The van der Waals surface area contributed by atoms with Gasteiger partial charge in [0.15, 0.2) is 0 Å². The third-order valence-electron chi connectivity index (χ3n) is 4.43. The van der Waals surface area contributed by atoms with Crippen LogP contribution in [0, 0.1) is 11.7 Å². The molecule has 1 N–H and O–H groups in total. The van der Waals surface area contributed by atoms with Gasteiger partial charge in [0.25, 0.3) is 0 Å². The van der Waals surface area contributed by atoms with E-state index in [9.17, 15) is 9.50 Å². The Morgan fingerprint density at radius 2 is 1.54 bits per heavy atom. The molecule has 1 aromatic carbocycles. The number of benzene rings is 1. The molecule has 0 bridgehead atoms. The first-order valence-corrected chi connectivity index (χ1v) is 9.37. The Morgan fingerprint density at radius 1 is 0.962 bits per heavy atom. The molecule has 140 valence electrons. The van der Waals surface area contributed by atoms with E-state index in [1.807, 2.05) is 0 Å². The largest absolute Gasteiger partial charge is 0.392 e. The van der Waals surface area contributed by atoms with Crippen molar-refractivity contribution < 1.29 is 9.50 Å². The van der Waals surface area contributed by atoms with Crippen LogP contribution in [0.1, 0.15) is 75.9 Å². The lowest BCUT2D eigenvalue weighted by Gasteiger charge is -2.23. The first-order chi connectivity index (χ1) is 12.3. The minimum atomic E-state index is -0.263. The smallest absolute Gasteiger partial charge is 0.123 e. The van der Waals surface area contributed by atoms with Gasteiger partial charge in [-0.15, -0.1) is 0 Å². The van der Waals surface area contributed by atoms with Gasteiger partial charge in [-0.05, 0) is 41.0 Å². The van der Waals surface area contributed by atoms with Gasteiger partial charge in [0, 0.05) is 16.8 Å². The number of aliphatic hydroxyl groups excluding tert-OH is 1. The molecule has 0 fully saturated rings. The van der Waals surface area contributed by atoms with Gasteiger partial charge in [0.1, 0.15) is 5.82 Å². The van der Waals surface area contributed by atoms with Gasteiger partial charge >= 0.3 is 0 Å². The van der Waals surface area contributed by atoms with E-state index >= 15 is 0 Å². The molecule has 0 unspecified atom stereocenters. The van der Waals surface area contributed by atoms with Gasteiger partial charge < -0.3 is 5.11 Å². The minimum Gasteiger partial charge on any atom is -0.392 e. The lowest BCUT2D eigenvalue weighted by atomic mass is 9.87. The number of halogens is 1. The number of rotatable bonds is 6. The molecule has 0 aliphatic carbocycles. The van der Waals surface area contributed by atoms with Gasteiger partial charge in [-0.25, -0.2) is 4.39 Å². The summed E-state index contributed by atoms with van der Waals surface area (Å²) in [4.78, 5) is 4.94. The van der Waals surface area contributed by atoms with Crippen molar-refractivity contribution in [1.29, 1.82) is 0 Å². The van der Waals surface area contributed by atoms with E-state index in [0.29, 0.717) is 5.92 Å². The van der Waals surface area contributed by atoms with E-state index in [2.05, 4.69) is 53.7 Å². The standard InChI is InChI=1S/C23H30FNO/c1-14(2)7-12-19-21(17-8-10-18(24)11-9-17)20(13-26)23(16(5)6)25-22(19)15(3)4/h7-12,14-16,26H,13H2,1-6H3/b12-7+. The Balaban J connectivity index is 2.91. The highest BCUT2D eigenvalue weighted by molar-refractivity contribution is 5.80. The van der Waals surface area contributed by atoms with Gasteiger partial charge in [-0.2, -0.15) is 0 Å². The zero-order chi connectivity index (χ0) is 19.4. The molecule has 0 radical (unpaired) electrons. The fraction of sp³-hybridized carbons (Fsp3) is 0.435. The Hall–Kier alpha value is -2.00. The molecule has 0 atom stereocenters. The van der Waals surface area contributed by atoms with Crippen molar-refractivity contribution in [2.75, 3.05) is 0 Å². The quantitative estimate of drug-likeness (QED) is 0.660. The second kappa shape index (κ2) is 8.59. The minimum absolute atomic E-state index is 0.0892. The number of nitrogens with zero attached hydrogens (tertiary/aromatic N) is 1. The molecule has 3 heteroatoms. The topological polar surface area (TPSA) is 33.1 Å². The number of allylic oxidation sites excluding steroid dienone is 1. The second-order valence-electron chi connectivity index (χ2n) is 7.73. The van der Waals surface area contributed by atoms with Gasteiger partial charge in [-0.3, -0.25) is 4.98 Å². The molecule has 0 aliphatic heterocycles. The molecule has 1 heterocycles. The number of hydrogen-bond acceptors (Lipinski definition) is 2. The Bertz CT molecular complexity index is 774. The first-order valence-electron chi connectivity index (χ1n) is 9.37. The maximum Gasteiger partial charge on any atom is 0.123 e. The Labute approximate surface area is 156 Å². The zero-order valence-corrected chi connectivity index (χ0v) is 16.7. The summed E-state index contributed by atoms with van der Waals surface area (Å²) in [5.41, 5.74) is 5.66. The van der Waals surface area contributed by atoms with Crippen molar-refractivity contribution in [3.8, 4) is 11.1 Å². The number of pyridine rings is 1. The summed E-state index contributed by atoms with van der Waals surface area (Å²) in [6.07, 6.45) is 4.25. The van der Waals surface area contributed by atoms with Crippen molar-refractivity contribution >= 4 is 6.08 Å². The number of aliphatic hydroxyl groups is 1. The molecule has 0 amide bonds. The van der Waals surface area contributed by atoms with Crippen LogP contribution in [0.15, 0.2) is 30.3 Å². The number of hydrogen-bond donors (Lipinski definition) is 1. The molecule has 2 aromatic rings. The van der Waals surface area contributed by atoms with Crippen molar-refractivity contribution in [2.45, 2.75) is 60.0 Å².